The molecule has 0 bridgehead atoms. The average Bonchev–Trinajstić information content (AvgIpc) is 3.09. The summed E-state index contributed by atoms with van der Waals surface area (Å²) in [6, 6.07) is 7.98. The number of likely N-dealkylation sites (N-methyl/N-ethyl adjacent to an activating group) is 1. The molecule has 0 amide bonds. The summed E-state index contributed by atoms with van der Waals surface area (Å²) in [5.74, 6) is 0.0218. The fourth-order valence-corrected chi connectivity index (χ4v) is 5.44. The Kier molecular flexibility index (Phi) is 5.11. The van der Waals surface area contributed by atoms with Crippen LogP contribution >= 0.6 is 22.7 Å². The lowest BCUT2D eigenvalue weighted by Crippen LogP contribution is -2.57. The zero-order chi connectivity index (χ0) is 15.1. The first kappa shape index (κ1) is 17.6. The molecular formula is C16H23NO3S2. The molecule has 1 aliphatic heterocycles. The first-order chi connectivity index (χ1) is 9.92. The molecule has 3 rings (SSSR count). The Morgan fingerprint density at radius 3 is 2.05 bits per heavy atom. The van der Waals surface area contributed by atoms with Crippen LogP contribution in [0.1, 0.15) is 16.2 Å². The minimum atomic E-state index is -0.987. The number of aliphatic hydroxyl groups excluding tert-OH is 1. The third-order valence-corrected chi connectivity index (χ3v) is 6.35. The van der Waals surface area contributed by atoms with E-state index in [1.165, 1.54) is 0 Å². The predicted octanol–water partition coefficient (Wildman–Crippen LogP) is 2.33. The van der Waals surface area contributed by atoms with E-state index in [-0.39, 0.29) is 17.5 Å². The van der Waals surface area contributed by atoms with Crippen LogP contribution < -0.4 is 0 Å². The van der Waals surface area contributed by atoms with E-state index < -0.39 is 5.60 Å². The molecule has 2 atom stereocenters. The van der Waals surface area contributed by atoms with Crippen molar-refractivity contribution >= 4 is 22.7 Å². The summed E-state index contributed by atoms with van der Waals surface area (Å²) in [5, 5.41) is 25.9. The number of piperidine rings is 1. The molecule has 2 unspecified atom stereocenters. The molecule has 2 aromatic rings. The van der Waals surface area contributed by atoms with Gasteiger partial charge in [0, 0.05) is 15.7 Å². The van der Waals surface area contributed by atoms with E-state index in [1.807, 2.05) is 35.0 Å². The van der Waals surface area contributed by atoms with E-state index in [1.54, 1.807) is 22.7 Å². The van der Waals surface area contributed by atoms with Crippen LogP contribution in [-0.2, 0) is 5.60 Å². The Bertz CT molecular complexity index is 546. The van der Waals surface area contributed by atoms with Crippen LogP contribution in [0.4, 0.5) is 0 Å². The van der Waals surface area contributed by atoms with Gasteiger partial charge in [-0.3, -0.25) is 0 Å². The van der Waals surface area contributed by atoms with Crippen LogP contribution in [0, 0.1) is 5.92 Å². The van der Waals surface area contributed by atoms with Gasteiger partial charge in [0.2, 0.25) is 0 Å². The third kappa shape index (κ3) is 3.13. The average molecular weight is 341 g/mol. The number of thiophene rings is 2. The largest absolute Gasteiger partial charge is 0.870 e. The highest BCUT2D eigenvalue weighted by molar-refractivity contribution is 7.11. The Morgan fingerprint density at radius 2 is 1.64 bits per heavy atom. The van der Waals surface area contributed by atoms with Crippen molar-refractivity contribution < 1.29 is 20.2 Å². The van der Waals surface area contributed by atoms with E-state index in [0.29, 0.717) is 6.42 Å². The summed E-state index contributed by atoms with van der Waals surface area (Å²) in [4.78, 5) is 1.95. The molecule has 2 aromatic heterocycles. The second-order valence-corrected chi connectivity index (χ2v) is 8.50. The number of rotatable bonds is 3. The van der Waals surface area contributed by atoms with Crippen LogP contribution in [0.5, 0.6) is 0 Å². The Balaban J connectivity index is 0.00000176. The number of likely N-dealkylation sites (tertiary alicyclic amines) is 1. The summed E-state index contributed by atoms with van der Waals surface area (Å²) in [6.45, 7) is 1.62. The molecule has 0 aliphatic carbocycles. The SMILES string of the molecule is C[N+]1(C)CC(O)CC(C(O)(c2cccs2)c2cccs2)C1.[OH-]. The minimum absolute atomic E-state index is 0. The zero-order valence-corrected chi connectivity index (χ0v) is 14.5. The molecule has 3 heterocycles. The molecule has 1 aliphatic rings. The monoisotopic (exact) mass is 341 g/mol. The van der Waals surface area contributed by atoms with Gasteiger partial charge in [-0.2, -0.15) is 0 Å². The minimum Gasteiger partial charge on any atom is -0.870 e. The Morgan fingerprint density at radius 1 is 1.09 bits per heavy atom. The van der Waals surface area contributed by atoms with Gasteiger partial charge in [0.05, 0.1) is 20.6 Å². The number of aliphatic hydroxyl groups is 2. The maximum Gasteiger partial charge on any atom is 0.141 e. The second-order valence-electron chi connectivity index (χ2n) is 6.61. The molecule has 0 saturated carbocycles. The maximum absolute atomic E-state index is 11.6. The topological polar surface area (TPSA) is 70.5 Å². The standard InChI is InChI=1S/C16H22NO2S2.H2O/c1-17(2)10-12(9-13(18)11-17)16(19,14-5-3-7-20-14)15-6-4-8-21-15;/h3-8,12-13,18-19H,9-11H2,1-2H3;1H2/q+1;/p-1. The lowest BCUT2D eigenvalue weighted by molar-refractivity contribution is -0.903. The fraction of sp³-hybridized carbons (Fsp3) is 0.500. The number of hydrogen-bond donors (Lipinski definition) is 2. The molecule has 0 aromatic carbocycles. The molecule has 22 heavy (non-hydrogen) atoms. The van der Waals surface area contributed by atoms with Crippen LogP contribution in [0.2, 0.25) is 0 Å². The van der Waals surface area contributed by atoms with E-state index in [4.69, 9.17) is 0 Å². The van der Waals surface area contributed by atoms with E-state index in [0.717, 1.165) is 27.3 Å². The van der Waals surface area contributed by atoms with Crippen molar-refractivity contribution in [2.75, 3.05) is 27.2 Å². The molecule has 1 fully saturated rings. The zero-order valence-electron chi connectivity index (χ0n) is 12.8. The van der Waals surface area contributed by atoms with Gasteiger partial charge in [0.1, 0.15) is 18.2 Å². The Labute approximate surface area is 139 Å². The predicted molar refractivity (Wildman–Crippen MR) is 89.5 cm³/mol. The summed E-state index contributed by atoms with van der Waals surface area (Å²) < 4.78 is 0.741. The van der Waals surface area contributed by atoms with Crippen molar-refractivity contribution in [1.82, 2.24) is 0 Å². The van der Waals surface area contributed by atoms with E-state index in [9.17, 15) is 10.2 Å². The highest BCUT2D eigenvalue weighted by Gasteiger charge is 2.48. The van der Waals surface area contributed by atoms with Gasteiger partial charge in [-0.15, -0.1) is 22.7 Å². The summed E-state index contributed by atoms with van der Waals surface area (Å²) in [5.41, 5.74) is -0.987. The Hall–Kier alpha value is -0.760. The van der Waals surface area contributed by atoms with Gasteiger partial charge in [-0.05, 0) is 29.3 Å². The number of nitrogens with zero attached hydrogens (tertiary/aromatic N) is 1. The first-order valence-electron chi connectivity index (χ1n) is 7.22. The van der Waals surface area contributed by atoms with Crippen molar-refractivity contribution in [2.45, 2.75) is 18.1 Å². The molecule has 0 spiro atoms. The summed E-state index contributed by atoms with van der Waals surface area (Å²) in [7, 11) is 4.25. The maximum atomic E-state index is 11.6. The fourth-order valence-electron chi connectivity index (χ4n) is 3.54. The normalized spacial score (nSPS) is 24.7. The molecule has 0 radical (unpaired) electrons. The van der Waals surface area contributed by atoms with Crippen molar-refractivity contribution in [2.24, 2.45) is 5.92 Å². The van der Waals surface area contributed by atoms with Crippen LogP contribution in [-0.4, -0.2) is 53.5 Å². The molecule has 6 heteroatoms. The van der Waals surface area contributed by atoms with Crippen LogP contribution in [0.15, 0.2) is 35.0 Å². The lowest BCUT2D eigenvalue weighted by atomic mass is 9.78. The molecule has 1 saturated heterocycles. The second kappa shape index (κ2) is 6.39. The van der Waals surface area contributed by atoms with Crippen molar-refractivity contribution in [3.63, 3.8) is 0 Å². The van der Waals surface area contributed by atoms with Crippen molar-refractivity contribution in [3.05, 3.63) is 44.8 Å². The number of quaternary nitrogens is 1. The van der Waals surface area contributed by atoms with Gasteiger partial charge in [-0.25, -0.2) is 0 Å². The van der Waals surface area contributed by atoms with Gasteiger partial charge in [0.25, 0.3) is 0 Å². The molecule has 4 nitrogen and oxygen atoms in total. The van der Waals surface area contributed by atoms with Gasteiger partial charge < -0.3 is 20.2 Å². The highest BCUT2D eigenvalue weighted by atomic mass is 32.1. The van der Waals surface area contributed by atoms with Crippen molar-refractivity contribution in [3.8, 4) is 0 Å². The van der Waals surface area contributed by atoms with Gasteiger partial charge >= 0.3 is 0 Å². The summed E-state index contributed by atoms with van der Waals surface area (Å²) >= 11 is 3.18. The lowest BCUT2D eigenvalue weighted by Gasteiger charge is -2.45. The van der Waals surface area contributed by atoms with Crippen molar-refractivity contribution in [1.29, 1.82) is 0 Å². The summed E-state index contributed by atoms with van der Waals surface area (Å²) in [6.07, 6.45) is 0.291. The molecule has 122 valence electrons. The third-order valence-electron chi connectivity index (χ3n) is 4.36. The smallest absolute Gasteiger partial charge is 0.141 e. The van der Waals surface area contributed by atoms with Gasteiger partial charge in [0.15, 0.2) is 0 Å². The van der Waals surface area contributed by atoms with Crippen LogP contribution in [0.25, 0.3) is 0 Å². The van der Waals surface area contributed by atoms with Crippen LogP contribution in [0.3, 0.4) is 0 Å². The van der Waals surface area contributed by atoms with E-state index in [2.05, 4.69) is 14.1 Å². The first-order valence-corrected chi connectivity index (χ1v) is 8.98. The quantitative estimate of drug-likeness (QED) is 0.842. The van der Waals surface area contributed by atoms with E-state index >= 15 is 0 Å². The van der Waals surface area contributed by atoms with Gasteiger partial charge in [-0.1, -0.05) is 12.1 Å². The number of hydrogen-bond acceptors (Lipinski definition) is 5. The molecule has 3 N–H and O–H groups in total. The molecular weight excluding hydrogens is 318 g/mol. The highest BCUT2D eigenvalue weighted by Crippen LogP contribution is 2.45.